The van der Waals surface area contributed by atoms with Crippen LogP contribution in [0, 0.1) is 6.92 Å². The van der Waals surface area contributed by atoms with Crippen LogP contribution >= 0.6 is 27.7 Å². The van der Waals surface area contributed by atoms with E-state index in [1.54, 1.807) is 7.11 Å². The number of aryl methyl sites for hydroxylation is 1. The number of thioether (sulfide) groups is 1. The van der Waals surface area contributed by atoms with Crippen molar-refractivity contribution in [3.05, 3.63) is 34.1 Å². The van der Waals surface area contributed by atoms with Gasteiger partial charge >= 0.3 is 0 Å². The fraction of sp³-hybridized carbons (Fsp3) is 0.526. The summed E-state index contributed by atoms with van der Waals surface area (Å²) in [5.74, 6) is 1.66. The van der Waals surface area contributed by atoms with E-state index < -0.39 is 0 Å². The Morgan fingerprint density at radius 3 is 2.64 bits per heavy atom. The molecule has 1 aromatic heterocycles. The van der Waals surface area contributed by atoms with Crippen molar-refractivity contribution in [1.29, 1.82) is 0 Å². The second-order valence-electron chi connectivity index (χ2n) is 6.73. The van der Waals surface area contributed by atoms with E-state index in [1.807, 2.05) is 34.7 Å². The summed E-state index contributed by atoms with van der Waals surface area (Å²) in [6.07, 6.45) is 1.87. The van der Waals surface area contributed by atoms with Crippen LogP contribution in [0.1, 0.15) is 44.1 Å². The average molecular weight is 468 g/mol. The van der Waals surface area contributed by atoms with Crippen LogP contribution in [0.3, 0.4) is 0 Å². The Morgan fingerprint density at radius 2 is 2.04 bits per heavy atom. The van der Waals surface area contributed by atoms with E-state index in [1.165, 1.54) is 11.8 Å². The average Bonchev–Trinajstić information content (AvgIpc) is 3.06. The lowest BCUT2D eigenvalue weighted by atomic mass is 10.0. The minimum atomic E-state index is -0.325. The molecule has 1 N–H and O–H groups in total. The number of methoxy groups -OCH3 is 1. The smallest absolute Gasteiger partial charge is 0.238 e. The first-order valence-electron chi connectivity index (χ1n) is 9.47. The largest absolute Gasteiger partial charge is 0.496 e. The van der Waals surface area contributed by atoms with Crippen LogP contribution in [0.25, 0.3) is 0 Å². The molecule has 1 aromatic carbocycles. The molecule has 0 fully saturated rings. The maximum absolute atomic E-state index is 13.5. The number of rotatable bonds is 7. The topological polar surface area (TPSA) is 72.3 Å². The lowest BCUT2D eigenvalue weighted by Gasteiger charge is -2.36. The van der Waals surface area contributed by atoms with E-state index >= 15 is 0 Å². The van der Waals surface area contributed by atoms with Gasteiger partial charge in [-0.15, -0.1) is 10.2 Å². The molecule has 9 heteroatoms. The molecule has 2 atom stereocenters. The quantitative estimate of drug-likeness (QED) is 0.667. The highest BCUT2D eigenvalue weighted by Gasteiger charge is 2.39. The van der Waals surface area contributed by atoms with Gasteiger partial charge in [-0.25, -0.2) is 4.68 Å². The Bertz CT molecular complexity index is 838. The summed E-state index contributed by atoms with van der Waals surface area (Å²) in [6.45, 7) is 7.61. The van der Waals surface area contributed by atoms with Crippen molar-refractivity contribution in [2.24, 2.45) is 0 Å². The van der Waals surface area contributed by atoms with Gasteiger partial charge in [-0.3, -0.25) is 4.79 Å². The molecule has 1 amide bonds. The molecule has 2 heterocycles. The first kappa shape index (κ1) is 21.0. The van der Waals surface area contributed by atoms with Gasteiger partial charge < -0.3 is 15.1 Å². The van der Waals surface area contributed by atoms with Crippen molar-refractivity contribution < 1.29 is 9.53 Å². The fourth-order valence-electron chi connectivity index (χ4n) is 3.33. The summed E-state index contributed by atoms with van der Waals surface area (Å²) in [5.41, 5.74) is 4.46. The minimum Gasteiger partial charge on any atom is -0.496 e. The van der Waals surface area contributed by atoms with E-state index in [0.29, 0.717) is 5.16 Å². The van der Waals surface area contributed by atoms with Crippen LogP contribution in [0.2, 0.25) is 0 Å². The maximum atomic E-state index is 13.5. The molecule has 3 rings (SSSR count). The zero-order chi connectivity index (χ0) is 20.3. The van der Waals surface area contributed by atoms with Crippen LogP contribution in [0.4, 0.5) is 0 Å². The molecule has 2 aromatic rings. The molecule has 0 unspecified atom stereocenters. The number of aromatic nitrogens is 3. The lowest BCUT2D eigenvalue weighted by Crippen LogP contribution is -2.46. The zero-order valence-corrected chi connectivity index (χ0v) is 19.0. The third-order valence-electron chi connectivity index (χ3n) is 4.68. The zero-order valence-electron chi connectivity index (χ0n) is 16.6. The highest BCUT2D eigenvalue weighted by Crippen LogP contribution is 2.39. The molecule has 0 radical (unpaired) electrons. The van der Waals surface area contributed by atoms with Crippen molar-refractivity contribution >= 4 is 33.6 Å². The number of benzene rings is 1. The first-order chi connectivity index (χ1) is 13.5. The Morgan fingerprint density at radius 1 is 1.32 bits per heavy atom. The van der Waals surface area contributed by atoms with Gasteiger partial charge in [0.15, 0.2) is 0 Å². The molecule has 0 saturated heterocycles. The predicted molar refractivity (Wildman–Crippen MR) is 114 cm³/mol. The number of amides is 1. The molecule has 7 nitrogen and oxygen atoms in total. The molecule has 1 aliphatic heterocycles. The lowest BCUT2D eigenvalue weighted by molar-refractivity contribution is -0.131. The van der Waals surface area contributed by atoms with Gasteiger partial charge in [0.05, 0.1) is 17.6 Å². The third-order valence-corrected chi connectivity index (χ3v) is 6.50. The number of carbonyl (C=O) groups excluding carboxylic acids is 1. The monoisotopic (exact) mass is 467 g/mol. The standard InChI is InChI=1S/C19H26BrN5O2S/c1-5-9-24(10-6-2)18(26)17-16(13-7-8-15(27-4)14(20)11-13)23-25-12(3)21-22-19(25)28-17/h7-8,11,16-17,23H,5-6,9-10H2,1-4H3/t16-,17-/m0/s1. The van der Waals surface area contributed by atoms with Crippen molar-refractivity contribution in [3.8, 4) is 5.75 Å². The summed E-state index contributed by atoms with van der Waals surface area (Å²) >= 11 is 5.04. The summed E-state index contributed by atoms with van der Waals surface area (Å²) in [6, 6.07) is 5.71. The predicted octanol–water partition coefficient (Wildman–Crippen LogP) is 3.77. The molecule has 0 saturated carbocycles. The van der Waals surface area contributed by atoms with Crippen molar-refractivity contribution in [3.63, 3.8) is 0 Å². The highest BCUT2D eigenvalue weighted by atomic mass is 79.9. The SMILES string of the molecule is CCCN(CCC)C(=O)[C@H]1Sc2nnc(C)n2N[C@H]1c1ccc(OC)c(Br)c1. The first-order valence-corrected chi connectivity index (χ1v) is 11.1. The van der Waals surface area contributed by atoms with Gasteiger partial charge in [-0.05, 0) is 53.4 Å². The van der Waals surface area contributed by atoms with Crippen LogP contribution in [-0.4, -0.2) is 51.1 Å². The van der Waals surface area contributed by atoms with Crippen molar-refractivity contribution in [1.82, 2.24) is 19.8 Å². The molecule has 28 heavy (non-hydrogen) atoms. The van der Waals surface area contributed by atoms with Gasteiger partial charge in [0.1, 0.15) is 16.8 Å². The number of ether oxygens (including phenoxy) is 1. The third kappa shape index (κ3) is 4.15. The Labute approximate surface area is 178 Å². The number of hydrogen-bond acceptors (Lipinski definition) is 6. The number of carbonyl (C=O) groups is 1. The van der Waals surface area contributed by atoms with Crippen LogP contribution in [0.15, 0.2) is 27.8 Å². The van der Waals surface area contributed by atoms with Gasteiger partial charge in [0.2, 0.25) is 11.1 Å². The number of nitrogens with one attached hydrogen (secondary N) is 1. The molecule has 0 aliphatic carbocycles. The molecule has 1 aliphatic rings. The van der Waals surface area contributed by atoms with Crippen molar-refractivity contribution in [2.45, 2.75) is 50.1 Å². The molecular formula is C19H26BrN5O2S. The second kappa shape index (κ2) is 9.17. The maximum Gasteiger partial charge on any atom is 0.238 e. The molecule has 0 bridgehead atoms. The van der Waals surface area contributed by atoms with E-state index in [9.17, 15) is 4.79 Å². The van der Waals surface area contributed by atoms with Gasteiger partial charge in [-0.2, -0.15) is 0 Å². The summed E-state index contributed by atoms with van der Waals surface area (Å²) in [7, 11) is 1.64. The highest BCUT2D eigenvalue weighted by molar-refractivity contribution is 9.10. The Hall–Kier alpha value is -1.74. The summed E-state index contributed by atoms with van der Waals surface area (Å²) in [5, 5.41) is 8.78. The molecular weight excluding hydrogens is 442 g/mol. The summed E-state index contributed by atoms with van der Waals surface area (Å²) < 4.78 is 8.07. The van der Waals surface area contributed by atoms with Crippen LogP contribution in [0.5, 0.6) is 5.75 Å². The second-order valence-corrected chi connectivity index (χ2v) is 8.69. The normalized spacial score (nSPS) is 18.3. The van der Waals surface area contributed by atoms with Gasteiger partial charge in [-0.1, -0.05) is 31.7 Å². The van der Waals surface area contributed by atoms with E-state index in [2.05, 4.69) is 45.4 Å². The van der Waals surface area contributed by atoms with Crippen LogP contribution < -0.4 is 10.2 Å². The molecule has 152 valence electrons. The fourth-order valence-corrected chi connectivity index (χ4v) is 5.09. The number of nitrogens with zero attached hydrogens (tertiary/aromatic N) is 4. The van der Waals surface area contributed by atoms with E-state index in [4.69, 9.17) is 4.74 Å². The number of fused-ring (bicyclic) bond motifs is 1. The molecule has 0 spiro atoms. The van der Waals surface area contributed by atoms with Crippen molar-refractivity contribution in [2.75, 3.05) is 25.6 Å². The van der Waals surface area contributed by atoms with Crippen LogP contribution in [-0.2, 0) is 4.79 Å². The summed E-state index contributed by atoms with van der Waals surface area (Å²) in [4.78, 5) is 15.4. The number of hydrogen-bond donors (Lipinski definition) is 1. The van der Waals surface area contributed by atoms with Gasteiger partial charge in [0.25, 0.3) is 0 Å². The van der Waals surface area contributed by atoms with E-state index in [-0.39, 0.29) is 17.2 Å². The minimum absolute atomic E-state index is 0.130. The van der Waals surface area contributed by atoms with E-state index in [0.717, 1.165) is 47.5 Å². The van der Waals surface area contributed by atoms with Gasteiger partial charge in [0, 0.05) is 13.1 Å². The Balaban J connectivity index is 1.99. The number of halogens is 1. The Kier molecular flexibility index (Phi) is 6.87.